The topological polar surface area (TPSA) is 149 Å². The molecule has 0 fully saturated rings. The van der Waals surface area contributed by atoms with Crippen molar-refractivity contribution in [3.05, 3.63) is 76.4 Å². The lowest BCUT2D eigenvalue weighted by molar-refractivity contribution is -0.130. The van der Waals surface area contributed by atoms with Gasteiger partial charge in [-0.05, 0) is 46.4 Å². The van der Waals surface area contributed by atoms with E-state index in [4.69, 9.17) is 0 Å². The Kier molecular flexibility index (Phi) is 6.99. The molecule has 0 unspecified atom stereocenters. The van der Waals surface area contributed by atoms with Gasteiger partial charge in [0.15, 0.2) is 0 Å². The van der Waals surface area contributed by atoms with Crippen LogP contribution in [0.25, 0.3) is 10.1 Å². The molecule has 4 aromatic rings. The molecule has 11 nitrogen and oxygen atoms in total. The lowest BCUT2D eigenvalue weighted by Crippen LogP contribution is -2.55. The summed E-state index contributed by atoms with van der Waals surface area (Å²) < 4.78 is 1.10. The second kappa shape index (κ2) is 10.9. The summed E-state index contributed by atoms with van der Waals surface area (Å²) in [5.74, 6) is -1.38. The zero-order valence-corrected chi connectivity index (χ0v) is 22.3. The van der Waals surface area contributed by atoms with Crippen molar-refractivity contribution in [2.45, 2.75) is 44.3 Å². The molecule has 2 atom stereocenters. The molecule has 0 aliphatic carbocycles. The van der Waals surface area contributed by atoms with Crippen LogP contribution in [0.15, 0.2) is 54.0 Å². The van der Waals surface area contributed by atoms with Crippen LogP contribution < -0.4 is 20.9 Å². The number of hydrogen-bond acceptors (Lipinski definition) is 7. The Bertz CT molecular complexity index is 1600. The number of amides is 4. The molecule has 4 amide bonds. The lowest BCUT2D eigenvalue weighted by atomic mass is 10.0. The predicted octanol–water partition coefficient (Wildman–Crippen LogP) is 1.38. The van der Waals surface area contributed by atoms with Gasteiger partial charge in [0.1, 0.15) is 17.8 Å². The number of aromatic amines is 1. The lowest BCUT2D eigenvalue weighted by Gasteiger charge is -2.27. The Morgan fingerprint density at radius 3 is 2.75 bits per heavy atom. The molecule has 6 rings (SSSR count). The molecule has 2 aromatic heterocycles. The van der Waals surface area contributed by atoms with Gasteiger partial charge in [0.05, 0.1) is 31.4 Å². The Morgan fingerprint density at radius 2 is 1.90 bits per heavy atom. The molecule has 204 valence electrons. The maximum atomic E-state index is 13.7. The summed E-state index contributed by atoms with van der Waals surface area (Å²) in [6.07, 6.45) is 3.02. The van der Waals surface area contributed by atoms with Gasteiger partial charge in [0, 0.05) is 11.1 Å². The van der Waals surface area contributed by atoms with Crippen molar-refractivity contribution in [2.75, 3.05) is 11.4 Å². The Balaban J connectivity index is 1.10. The van der Waals surface area contributed by atoms with Gasteiger partial charge in [0.25, 0.3) is 0 Å². The SMILES string of the molecule is O=C(Cc1csc2ccccc12)NCC(=O)N[C@H]1CCc2cccc3c2N(C1=O)[C@H](C(=O)NCc1cn[nH]n1)C3. The predicted molar refractivity (Wildman–Crippen MR) is 148 cm³/mol. The van der Waals surface area contributed by atoms with Crippen LogP contribution in [-0.2, 0) is 45.0 Å². The van der Waals surface area contributed by atoms with Crippen LogP contribution in [0.3, 0.4) is 0 Å². The summed E-state index contributed by atoms with van der Waals surface area (Å²) in [4.78, 5) is 53.9. The first kappa shape index (κ1) is 25.7. The van der Waals surface area contributed by atoms with E-state index in [0.29, 0.717) is 25.0 Å². The first-order valence-corrected chi connectivity index (χ1v) is 13.9. The van der Waals surface area contributed by atoms with Gasteiger partial charge < -0.3 is 16.0 Å². The van der Waals surface area contributed by atoms with Gasteiger partial charge >= 0.3 is 0 Å². The number of hydrogen-bond donors (Lipinski definition) is 4. The van der Waals surface area contributed by atoms with E-state index in [2.05, 4.69) is 31.4 Å². The van der Waals surface area contributed by atoms with E-state index < -0.39 is 18.0 Å². The maximum absolute atomic E-state index is 13.7. The second-order valence-electron chi connectivity index (χ2n) is 9.90. The van der Waals surface area contributed by atoms with Gasteiger partial charge in [-0.25, -0.2) is 0 Å². The number of aromatic nitrogens is 3. The van der Waals surface area contributed by atoms with E-state index in [0.717, 1.165) is 32.5 Å². The molecule has 2 aromatic carbocycles. The molecule has 0 radical (unpaired) electrons. The molecular formula is C28H27N7O4S. The highest BCUT2D eigenvalue weighted by Gasteiger charge is 2.43. The van der Waals surface area contributed by atoms with Crippen LogP contribution in [0, 0.1) is 0 Å². The second-order valence-corrected chi connectivity index (χ2v) is 10.8. The number of anilines is 1. The molecular weight excluding hydrogens is 530 g/mol. The van der Waals surface area contributed by atoms with Gasteiger partial charge in [0.2, 0.25) is 23.6 Å². The van der Waals surface area contributed by atoms with Crippen LogP contribution in [-0.4, -0.2) is 57.7 Å². The van der Waals surface area contributed by atoms with Crippen LogP contribution in [0.4, 0.5) is 5.69 Å². The monoisotopic (exact) mass is 557 g/mol. The number of H-pyrrole nitrogens is 1. The van der Waals surface area contributed by atoms with Crippen molar-refractivity contribution >= 4 is 50.7 Å². The molecule has 40 heavy (non-hydrogen) atoms. The van der Waals surface area contributed by atoms with Crippen molar-refractivity contribution in [3.8, 4) is 0 Å². The number of benzene rings is 2. The normalized spacial score (nSPS) is 17.8. The Morgan fingerprint density at radius 1 is 1.05 bits per heavy atom. The first-order chi connectivity index (χ1) is 19.5. The van der Waals surface area contributed by atoms with E-state index in [1.807, 2.05) is 47.8 Å². The van der Waals surface area contributed by atoms with Gasteiger partial charge in [-0.2, -0.15) is 15.4 Å². The molecule has 12 heteroatoms. The highest BCUT2D eigenvalue weighted by atomic mass is 32.1. The third-order valence-electron chi connectivity index (χ3n) is 7.31. The van der Waals surface area contributed by atoms with Gasteiger partial charge in [-0.1, -0.05) is 36.4 Å². The third-order valence-corrected chi connectivity index (χ3v) is 8.32. The first-order valence-electron chi connectivity index (χ1n) is 13.1. The average molecular weight is 558 g/mol. The van der Waals surface area contributed by atoms with Crippen LogP contribution >= 0.6 is 11.3 Å². The quantitative estimate of drug-likeness (QED) is 0.257. The van der Waals surface area contributed by atoms with Crippen LogP contribution in [0.1, 0.15) is 28.8 Å². The van der Waals surface area contributed by atoms with Crippen LogP contribution in [0.5, 0.6) is 0 Å². The molecule has 0 saturated carbocycles. The van der Waals surface area contributed by atoms with E-state index in [-0.39, 0.29) is 37.2 Å². The fraction of sp³-hybridized carbons (Fsp3) is 0.286. The van der Waals surface area contributed by atoms with Gasteiger partial charge in [-0.3, -0.25) is 24.1 Å². The fourth-order valence-electron chi connectivity index (χ4n) is 5.41. The number of nitrogens with zero attached hydrogens (tertiary/aromatic N) is 3. The van der Waals surface area contributed by atoms with Crippen molar-refractivity contribution in [2.24, 2.45) is 0 Å². The Hall–Kier alpha value is -4.58. The standard InChI is InChI=1S/C28H27N7O4S/c36-24(11-18-15-40-23-7-2-1-6-20(18)23)29-14-25(37)32-21-9-8-16-4-3-5-17-10-22(35(26(16)17)28(21)39)27(38)30-12-19-13-31-34-33-19/h1-7,13,15,21-22H,8-12,14H2,(H,29,36)(H,30,38)(H,32,37)(H,31,33,34)/t21-,22-/m0/s1. The third kappa shape index (κ3) is 5.05. The number of carbonyl (C=O) groups excluding carboxylic acids is 4. The highest BCUT2D eigenvalue weighted by molar-refractivity contribution is 7.17. The summed E-state index contributed by atoms with van der Waals surface area (Å²) in [6, 6.07) is 12.1. The van der Waals surface area contributed by atoms with Crippen molar-refractivity contribution in [3.63, 3.8) is 0 Å². The molecule has 2 aliphatic rings. The summed E-state index contributed by atoms with van der Waals surface area (Å²) in [5.41, 5.74) is 4.12. The van der Waals surface area contributed by atoms with E-state index in [9.17, 15) is 19.2 Å². The van der Waals surface area contributed by atoms with E-state index >= 15 is 0 Å². The minimum absolute atomic E-state index is 0.163. The highest BCUT2D eigenvalue weighted by Crippen LogP contribution is 2.39. The number of thiophene rings is 1. The van der Waals surface area contributed by atoms with Crippen LogP contribution in [0.2, 0.25) is 0 Å². The zero-order chi connectivity index (χ0) is 27.6. The maximum Gasteiger partial charge on any atom is 0.250 e. The van der Waals surface area contributed by atoms with E-state index in [1.165, 1.54) is 11.1 Å². The summed E-state index contributed by atoms with van der Waals surface area (Å²) in [5, 5.41) is 21.5. The summed E-state index contributed by atoms with van der Waals surface area (Å²) in [7, 11) is 0. The molecule has 0 saturated heterocycles. The molecule has 0 bridgehead atoms. The minimum atomic E-state index is -0.825. The molecule has 4 N–H and O–H groups in total. The number of para-hydroxylation sites is 1. The number of aryl methyl sites for hydroxylation is 1. The zero-order valence-electron chi connectivity index (χ0n) is 21.5. The minimum Gasteiger partial charge on any atom is -0.348 e. The summed E-state index contributed by atoms with van der Waals surface area (Å²) >= 11 is 1.57. The van der Waals surface area contributed by atoms with Crippen molar-refractivity contribution < 1.29 is 19.2 Å². The largest absolute Gasteiger partial charge is 0.348 e. The van der Waals surface area contributed by atoms with Crippen molar-refractivity contribution in [1.82, 2.24) is 31.4 Å². The molecule has 0 spiro atoms. The average Bonchev–Trinajstić information content (AvgIpc) is 3.70. The van der Waals surface area contributed by atoms with Gasteiger partial charge in [-0.15, -0.1) is 11.3 Å². The smallest absolute Gasteiger partial charge is 0.250 e. The Labute approximate surface area is 233 Å². The number of nitrogens with one attached hydrogen (secondary N) is 4. The fourth-order valence-corrected chi connectivity index (χ4v) is 6.37. The molecule has 4 heterocycles. The molecule has 2 aliphatic heterocycles. The number of carbonyl (C=O) groups is 4. The number of fused-ring (bicyclic) bond motifs is 1. The number of rotatable bonds is 8. The summed E-state index contributed by atoms with van der Waals surface area (Å²) in [6.45, 7) is -0.0669. The van der Waals surface area contributed by atoms with Crippen molar-refractivity contribution in [1.29, 1.82) is 0 Å². The van der Waals surface area contributed by atoms with E-state index in [1.54, 1.807) is 11.3 Å².